The predicted molar refractivity (Wildman–Crippen MR) is 107 cm³/mol. The predicted octanol–water partition coefficient (Wildman–Crippen LogP) is 3.60. The third kappa shape index (κ3) is 4.17. The molecule has 1 amide bonds. The Morgan fingerprint density at radius 2 is 2.00 bits per heavy atom. The molecule has 0 saturated heterocycles. The maximum atomic E-state index is 12.3. The number of thiazole rings is 1. The lowest BCUT2D eigenvalue weighted by molar-refractivity contribution is 0.0950. The molecule has 1 aliphatic rings. The van der Waals surface area contributed by atoms with Crippen LogP contribution in [-0.2, 0) is 6.42 Å². The van der Waals surface area contributed by atoms with Gasteiger partial charge in [-0.25, -0.2) is 4.98 Å². The molecule has 1 aromatic heterocycles. The first-order valence-electron chi connectivity index (χ1n) is 8.74. The minimum absolute atomic E-state index is 0.195. The van der Waals surface area contributed by atoms with Crippen molar-refractivity contribution in [3.8, 4) is 17.2 Å². The number of methoxy groups -OCH3 is 1. The number of nitrogens with zero attached hydrogens (tertiary/aromatic N) is 1. The van der Waals surface area contributed by atoms with E-state index >= 15 is 0 Å². The standard InChI is InChI=1S/C20H19N3O4S/c1-25-15-5-3-14(4-6-15)22-20-23-16(11-28-20)19(24)21-9-8-13-2-7-17-18(10-13)27-12-26-17/h2-7,10-11H,8-9,12H2,1H3,(H,21,24)(H,22,23). The summed E-state index contributed by atoms with van der Waals surface area (Å²) in [6.07, 6.45) is 0.698. The van der Waals surface area contributed by atoms with Crippen molar-refractivity contribution in [2.45, 2.75) is 6.42 Å². The van der Waals surface area contributed by atoms with Gasteiger partial charge >= 0.3 is 0 Å². The van der Waals surface area contributed by atoms with Crippen molar-refractivity contribution in [1.29, 1.82) is 0 Å². The third-order valence-corrected chi connectivity index (χ3v) is 4.97. The van der Waals surface area contributed by atoms with E-state index < -0.39 is 0 Å². The van der Waals surface area contributed by atoms with Crippen molar-refractivity contribution in [1.82, 2.24) is 10.3 Å². The normalized spacial score (nSPS) is 11.9. The summed E-state index contributed by atoms with van der Waals surface area (Å²) in [6.45, 7) is 0.767. The van der Waals surface area contributed by atoms with Gasteiger partial charge in [0.25, 0.3) is 5.91 Å². The monoisotopic (exact) mass is 397 g/mol. The van der Waals surface area contributed by atoms with E-state index in [0.717, 1.165) is 28.5 Å². The van der Waals surface area contributed by atoms with Gasteiger partial charge in [0.15, 0.2) is 16.6 Å². The summed E-state index contributed by atoms with van der Waals surface area (Å²) in [5, 5.41) is 8.47. The van der Waals surface area contributed by atoms with Gasteiger partial charge in [-0.2, -0.15) is 0 Å². The smallest absolute Gasteiger partial charge is 0.270 e. The van der Waals surface area contributed by atoms with Crippen LogP contribution in [0.4, 0.5) is 10.8 Å². The van der Waals surface area contributed by atoms with Crippen LogP contribution in [-0.4, -0.2) is 31.3 Å². The van der Waals surface area contributed by atoms with Crippen molar-refractivity contribution in [3.05, 3.63) is 59.1 Å². The molecular formula is C20H19N3O4S. The van der Waals surface area contributed by atoms with Gasteiger partial charge < -0.3 is 24.8 Å². The summed E-state index contributed by atoms with van der Waals surface area (Å²) in [4.78, 5) is 16.7. The highest BCUT2D eigenvalue weighted by molar-refractivity contribution is 7.14. The first-order chi connectivity index (χ1) is 13.7. The van der Waals surface area contributed by atoms with Crippen molar-refractivity contribution in [3.63, 3.8) is 0 Å². The summed E-state index contributed by atoms with van der Waals surface area (Å²) >= 11 is 1.38. The van der Waals surface area contributed by atoms with Gasteiger partial charge in [-0.15, -0.1) is 11.3 Å². The van der Waals surface area contributed by atoms with Crippen molar-refractivity contribution in [2.75, 3.05) is 25.8 Å². The number of hydrogen-bond donors (Lipinski definition) is 2. The molecule has 0 spiro atoms. The lowest BCUT2D eigenvalue weighted by Gasteiger charge is -2.05. The first-order valence-corrected chi connectivity index (χ1v) is 9.62. The van der Waals surface area contributed by atoms with E-state index in [-0.39, 0.29) is 12.7 Å². The van der Waals surface area contributed by atoms with E-state index in [0.29, 0.717) is 23.8 Å². The van der Waals surface area contributed by atoms with Crippen molar-refractivity contribution in [2.24, 2.45) is 0 Å². The number of nitrogens with one attached hydrogen (secondary N) is 2. The number of ether oxygens (including phenoxy) is 3. The zero-order valence-corrected chi connectivity index (χ0v) is 16.0. The number of carbonyl (C=O) groups excluding carboxylic acids is 1. The molecule has 2 heterocycles. The van der Waals surface area contributed by atoms with Crippen LogP contribution in [0.5, 0.6) is 17.2 Å². The fourth-order valence-electron chi connectivity index (χ4n) is 2.74. The Morgan fingerprint density at radius 3 is 2.82 bits per heavy atom. The maximum Gasteiger partial charge on any atom is 0.270 e. The summed E-state index contributed by atoms with van der Waals surface area (Å²) in [7, 11) is 1.63. The topological polar surface area (TPSA) is 81.7 Å². The van der Waals surface area contributed by atoms with Crippen molar-refractivity contribution >= 4 is 28.1 Å². The number of hydrogen-bond acceptors (Lipinski definition) is 7. The second-order valence-electron chi connectivity index (χ2n) is 6.08. The SMILES string of the molecule is COc1ccc(Nc2nc(C(=O)NCCc3ccc4c(c3)OCO4)cs2)cc1. The van der Waals surface area contributed by atoms with E-state index in [1.807, 2.05) is 42.5 Å². The Morgan fingerprint density at radius 1 is 1.18 bits per heavy atom. The summed E-state index contributed by atoms with van der Waals surface area (Å²) in [5.74, 6) is 2.09. The highest BCUT2D eigenvalue weighted by Crippen LogP contribution is 2.32. The van der Waals surface area contributed by atoms with Crippen LogP contribution in [0.3, 0.4) is 0 Å². The molecule has 0 unspecified atom stereocenters. The Bertz CT molecular complexity index is 972. The van der Waals surface area contributed by atoms with Gasteiger partial charge in [-0.3, -0.25) is 4.79 Å². The molecule has 28 heavy (non-hydrogen) atoms. The molecule has 1 aliphatic heterocycles. The first kappa shape index (κ1) is 18.1. The number of rotatable bonds is 7. The van der Waals surface area contributed by atoms with E-state index in [4.69, 9.17) is 14.2 Å². The number of aromatic nitrogens is 1. The molecular weight excluding hydrogens is 378 g/mol. The van der Waals surface area contributed by atoms with Crippen LogP contribution < -0.4 is 24.8 Å². The fourth-order valence-corrected chi connectivity index (χ4v) is 3.45. The van der Waals surface area contributed by atoms with Crippen LogP contribution in [0.1, 0.15) is 16.1 Å². The van der Waals surface area contributed by atoms with Crippen LogP contribution in [0.25, 0.3) is 0 Å². The second kappa shape index (κ2) is 8.18. The zero-order valence-electron chi connectivity index (χ0n) is 15.2. The lowest BCUT2D eigenvalue weighted by atomic mass is 10.1. The molecule has 0 aliphatic carbocycles. The van der Waals surface area contributed by atoms with Gasteiger partial charge in [0.2, 0.25) is 6.79 Å². The van der Waals surface area contributed by atoms with Gasteiger partial charge in [-0.1, -0.05) is 6.07 Å². The Balaban J connectivity index is 1.29. The summed E-state index contributed by atoms with van der Waals surface area (Å²) < 4.78 is 15.8. The average molecular weight is 397 g/mol. The summed E-state index contributed by atoms with van der Waals surface area (Å²) in [5.41, 5.74) is 2.35. The molecule has 8 heteroatoms. The molecule has 144 valence electrons. The molecule has 4 rings (SSSR count). The molecule has 2 N–H and O–H groups in total. The zero-order chi connectivity index (χ0) is 19.3. The minimum atomic E-state index is -0.195. The number of anilines is 2. The van der Waals surface area contributed by atoms with Crippen LogP contribution in [0.15, 0.2) is 47.8 Å². The molecule has 0 atom stereocenters. The van der Waals surface area contributed by atoms with Crippen molar-refractivity contribution < 1.29 is 19.0 Å². The lowest BCUT2D eigenvalue weighted by Crippen LogP contribution is -2.25. The van der Waals surface area contributed by atoms with Gasteiger partial charge in [0.1, 0.15) is 11.4 Å². The van der Waals surface area contributed by atoms with E-state index in [1.165, 1.54) is 11.3 Å². The number of fused-ring (bicyclic) bond motifs is 1. The van der Waals surface area contributed by atoms with E-state index in [2.05, 4.69) is 15.6 Å². The van der Waals surface area contributed by atoms with Crippen LogP contribution >= 0.6 is 11.3 Å². The van der Waals surface area contributed by atoms with Gasteiger partial charge in [-0.05, 0) is 48.4 Å². The van der Waals surface area contributed by atoms with Crippen LogP contribution in [0.2, 0.25) is 0 Å². The summed E-state index contributed by atoms with van der Waals surface area (Å²) in [6, 6.07) is 13.3. The Kier molecular flexibility index (Phi) is 5.29. The molecule has 0 saturated carbocycles. The molecule has 2 aromatic carbocycles. The van der Waals surface area contributed by atoms with Gasteiger partial charge in [0, 0.05) is 17.6 Å². The maximum absolute atomic E-state index is 12.3. The fraction of sp³-hybridized carbons (Fsp3) is 0.200. The van der Waals surface area contributed by atoms with Crippen LogP contribution in [0, 0.1) is 0 Å². The molecule has 7 nitrogen and oxygen atoms in total. The molecule has 0 bridgehead atoms. The number of carbonyl (C=O) groups is 1. The largest absolute Gasteiger partial charge is 0.497 e. The molecule has 0 fully saturated rings. The Hall–Kier alpha value is -3.26. The second-order valence-corrected chi connectivity index (χ2v) is 6.94. The average Bonchev–Trinajstić information content (AvgIpc) is 3.37. The highest BCUT2D eigenvalue weighted by atomic mass is 32.1. The molecule has 3 aromatic rings. The third-order valence-electron chi connectivity index (χ3n) is 4.21. The van der Waals surface area contributed by atoms with E-state index in [1.54, 1.807) is 12.5 Å². The number of amides is 1. The Labute approximate surface area is 166 Å². The minimum Gasteiger partial charge on any atom is -0.497 e. The number of benzene rings is 2. The highest BCUT2D eigenvalue weighted by Gasteiger charge is 2.14. The van der Waals surface area contributed by atoms with E-state index in [9.17, 15) is 4.79 Å². The van der Waals surface area contributed by atoms with Gasteiger partial charge in [0.05, 0.1) is 7.11 Å². The quantitative estimate of drug-likeness (QED) is 0.634. The molecule has 0 radical (unpaired) electrons.